The number of carbonyl (C=O) groups is 2. The van der Waals surface area contributed by atoms with Gasteiger partial charge in [-0.15, -0.1) is 10.2 Å². The Morgan fingerprint density at radius 3 is 2.70 bits per heavy atom. The molecule has 0 fully saturated rings. The van der Waals surface area contributed by atoms with Crippen molar-refractivity contribution in [3.05, 3.63) is 54.6 Å². The maximum atomic E-state index is 13.0. The van der Waals surface area contributed by atoms with Crippen molar-refractivity contribution in [2.24, 2.45) is 0 Å². The lowest BCUT2D eigenvalue weighted by atomic mass is 10.1. The van der Waals surface area contributed by atoms with Crippen molar-refractivity contribution in [2.45, 2.75) is 25.9 Å². The maximum absolute atomic E-state index is 13.0. The summed E-state index contributed by atoms with van der Waals surface area (Å²) >= 11 is 0. The van der Waals surface area contributed by atoms with Crippen molar-refractivity contribution >= 4 is 23.2 Å². The Hall–Kier alpha value is -3.55. The molecule has 2 aromatic carbocycles. The number of hydrogen-bond acceptors (Lipinski definition) is 5. The van der Waals surface area contributed by atoms with Crippen LogP contribution in [0.3, 0.4) is 0 Å². The number of para-hydroxylation sites is 2. The van der Waals surface area contributed by atoms with Gasteiger partial charge in [0.15, 0.2) is 0 Å². The van der Waals surface area contributed by atoms with Gasteiger partial charge in [-0.05, 0) is 24.3 Å². The normalized spacial score (nSPS) is 16.4. The van der Waals surface area contributed by atoms with E-state index in [1.54, 1.807) is 11.0 Å². The fourth-order valence-corrected chi connectivity index (χ4v) is 3.18. The molecule has 0 spiro atoms. The maximum Gasteiger partial charge on any atom is 0.250 e. The highest BCUT2D eigenvalue weighted by molar-refractivity contribution is 6.04. The number of fused-ring (bicyclic) bond motifs is 1. The fourth-order valence-electron chi connectivity index (χ4n) is 3.18. The molecule has 8 nitrogen and oxygen atoms in total. The van der Waals surface area contributed by atoms with Gasteiger partial charge in [-0.1, -0.05) is 42.5 Å². The van der Waals surface area contributed by atoms with Gasteiger partial charge >= 0.3 is 0 Å². The van der Waals surface area contributed by atoms with Crippen LogP contribution in [0.5, 0.6) is 0 Å². The summed E-state index contributed by atoms with van der Waals surface area (Å²) in [6.07, 6.45) is 0.223. The first-order valence-corrected chi connectivity index (χ1v) is 8.66. The second-order valence-corrected chi connectivity index (χ2v) is 6.39. The van der Waals surface area contributed by atoms with E-state index in [1.165, 1.54) is 4.80 Å². The highest BCUT2D eigenvalue weighted by atomic mass is 16.2. The highest BCUT2D eigenvalue weighted by Crippen LogP contribution is 2.31. The lowest BCUT2D eigenvalue weighted by Crippen LogP contribution is -2.41. The summed E-state index contributed by atoms with van der Waals surface area (Å²) in [5.74, 6) is 0.142. The molecule has 136 valence electrons. The fraction of sp³-hybridized carbons (Fsp3) is 0.211. The Labute approximate surface area is 155 Å². The quantitative estimate of drug-likeness (QED) is 0.770. The Kier molecular flexibility index (Phi) is 4.37. The topological polar surface area (TPSA) is 93.0 Å². The van der Waals surface area contributed by atoms with Crippen molar-refractivity contribution in [3.8, 4) is 11.4 Å². The molecule has 1 N–H and O–H groups in total. The zero-order valence-corrected chi connectivity index (χ0v) is 14.7. The minimum Gasteiger partial charge on any atom is -0.324 e. The molecule has 1 aliphatic rings. The molecule has 0 bridgehead atoms. The minimum atomic E-state index is -0.279. The number of aromatic nitrogens is 4. The standard InChI is InChI=1S/C19H18N6O2/c1-13-11-17(26)20-15-9-5-6-10-16(15)25(13)18(27)12-24-22-19(21-23-24)14-7-3-2-4-8-14/h2-10,13H,11-12H2,1H3,(H,20,26)/t13-/m0/s1. The molecule has 2 amide bonds. The molecule has 8 heteroatoms. The van der Waals surface area contributed by atoms with Gasteiger partial charge in [0.25, 0.3) is 5.91 Å². The number of tetrazole rings is 1. The van der Waals surface area contributed by atoms with E-state index in [1.807, 2.05) is 55.5 Å². The molecule has 0 saturated heterocycles. The molecule has 1 aromatic heterocycles. The molecular formula is C19H18N6O2. The van der Waals surface area contributed by atoms with Crippen LogP contribution in [0.2, 0.25) is 0 Å². The molecule has 0 aliphatic carbocycles. The number of amides is 2. The second kappa shape index (κ2) is 6.99. The summed E-state index contributed by atoms with van der Waals surface area (Å²) in [7, 11) is 0. The molecule has 2 heterocycles. The number of anilines is 2. The lowest BCUT2D eigenvalue weighted by molar-refractivity contribution is -0.120. The predicted molar refractivity (Wildman–Crippen MR) is 99.9 cm³/mol. The molecule has 4 rings (SSSR count). The average molecular weight is 362 g/mol. The van der Waals surface area contributed by atoms with Crippen LogP contribution in [-0.4, -0.2) is 38.1 Å². The first-order chi connectivity index (χ1) is 13.1. The van der Waals surface area contributed by atoms with Crippen LogP contribution in [-0.2, 0) is 16.1 Å². The van der Waals surface area contributed by atoms with E-state index in [-0.39, 0.29) is 30.8 Å². The average Bonchev–Trinajstić information content (AvgIpc) is 3.07. The van der Waals surface area contributed by atoms with Crippen LogP contribution in [0.1, 0.15) is 13.3 Å². The molecule has 0 saturated carbocycles. The van der Waals surface area contributed by atoms with Crippen LogP contribution in [0.4, 0.5) is 11.4 Å². The molecule has 0 radical (unpaired) electrons. The Morgan fingerprint density at radius 1 is 1.15 bits per heavy atom. The van der Waals surface area contributed by atoms with Crippen molar-refractivity contribution in [1.82, 2.24) is 20.2 Å². The molecule has 27 heavy (non-hydrogen) atoms. The smallest absolute Gasteiger partial charge is 0.250 e. The molecule has 3 aromatic rings. The van der Waals surface area contributed by atoms with E-state index in [0.717, 1.165) is 5.56 Å². The van der Waals surface area contributed by atoms with Gasteiger partial charge in [-0.3, -0.25) is 9.59 Å². The molecule has 1 atom stereocenters. The summed E-state index contributed by atoms with van der Waals surface area (Å²) in [5, 5.41) is 15.2. The number of carbonyl (C=O) groups excluding carboxylic acids is 2. The predicted octanol–water partition coefficient (Wildman–Crippen LogP) is 2.10. The SMILES string of the molecule is C[C@H]1CC(=O)Nc2ccccc2N1C(=O)Cn1nnc(-c2ccccc2)n1. The zero-order valence-electron chi connectivity index (χ0n) is 14.7. The van der Waals surface area contributed by atoms with Crippen molar-refractivity contribution in [2.75, 3.05) is 10.2 Å². The Morgan fingerprint density at radius 2 is 1.89 bits per heavy atom. The third-order valence-corrected chi connectivity index (χ3v) is 4.39. The van der Waals surface area contributed by atoms with Crippen LogP contribution >= 0.6 is 0 Å². The Balaban J connectivity index is 1.59. The summed E-state index contributed by atoms with van der Waals surface area (Å²) in [5.41, 5.74) is 2.13. The van der Waals surface area contributed by atoms with Gasteiger partial charge in [0, 0.05) is 18.0 Å². The van der Waals surface area contributed by atoms with E-state index in [9.17, 15) is 9.59 Å². The van der Waals surface area contributed by atoms with E-state index in [0.29, 0.717) is 17.2 Å². The number of benzene rings is 2. The van der Waals surface area contributed by atoms with E-state index in [2.05, 4.69) is 20.7 Å². The molecule has 0 unspecified atom stereocenters. The number of rotatable bonds is 3. The van der Waals surface area contributed by atoms with Crippen molar-refractivity contribution in [1.29, 1.82) is 0 Å². The van der Waals surface area contributed by atoms with Gasteiger partial charge < -0.3 is 10.2 Å². The van der Waals surface area contributed by atoms with Gasteiger partial charge in [-0.25, -0.2) is 0 Å². The summed E-state index contributed by atoms with van der Waals surface area (Å²) in [6.45, 7) is 1.79. The van der Waals surface area contributed by atoms with Gasteiger partial charge in [0.05, 0.1) is 11.4 Å². The van der Waals surface area contributed by atoms with Crippen LogP contribution in [0, 0.1) is 0 Å². The third kappa shape index (κ3) is 3.41. The van der Waals surface area contributed by atoms with Crippen molar-refractivity contribution < 1.29 is 9.59 Å². The third-order valence-electron chi connectivity index (χ3n) is 4.39. The van der Waals surface area contributed by atoms with Gasteiger partial charge in [0.1, 0.15) is 6.54 Å². The van der Waals surface area contributed by atoms with E-state index >= 15 is 0 Å². The summed E-state index contributed by atoms with van der Waals surface area (Å²) < 4.78 is 0. The summed E-state index contributed by atoms with van der Waals surface area (Å²) in [6, 6.07) is 16.4. The van der Waals surface area contributed by atoms with Gasteiger partial charge in [0.2, 0.25) is 11.7 Å². The first kappa shape index (κ1) is 16.9. The highest BCUT2D eigenvalue weighted by Gasteiger charge is 2.30. The molecule has 1 aliphatic heterocycles. The largest absolute Gasteiger partial charge is 0.324 e. The minimum absolute atomic E-state index is 0.0628. The zero-order chi connectivity index (χ0) is 18.8. The number of nitrogens with one attached hydrogen (secondary N) is 1. The van der Waals surface area contributed by atoms with Crippen LogP contribution in [0.15, 0.2) is 54.6 Å². The molecular weight excluding hydrogens is 344 g/mol. The van der Waals surface area contributed by atoms with E-state index in [4.69, 9.17) is 0 Å². The first-order valence-electron chi connectivity index (χ1n) is 8.66. The number of hydrogen-bond donors (Lipinski definition) is 1. The van der Waals surface area contributed by atoms with E-state index < -0.39 is 0 Å². The summed E-state index contributed by atoms with van der Waals surface area (Å²) in [4.78, 5) is 28.0. The monoisotopic (exact) mass is 362 g/mol. The van der Waals surface area contributed by atoms with Gasteiger partial charge in [-0.2, -0.15) is 4.80 Å². The lowest BCUT2D eigenvalue weighted by Gasteiger charge is -2.27. The van der Waals surface area contributed by atoms with Crippen molar-refractivity contribution in [3.63, 3.8) is 0 Å². The number of nitrogens with zero attached hydrogens (tertiary/aromatic N) is 5. The Bertz CT molecular complexity index is 985. The van der Waals surface area contributed by atoms with Crippen LogP contribution in [0.25, 0.3) is 11.4 Å². The van der Waals surface area contributed by atoms with Crippen LogP contribution < -0.4 is 10.2 Å². The second-order valence-electron chi connectivity index (χ2n) is 6.39.